The van der Waals surface area contributed by atoms with Gasteiger partial charge in [-0.3, -0.25) is 4.79 Å². The minimum atomic E-state index is -0.684. The Morgan fingerprint density at radius 1 is 1.00 bits per heavy atom. The zero-order valence-electron chi connectivity index (χ0n) is 19.4. The molecule has 0 aromatic heterocycles. The van der Waals surface area contributed by atoms with Crippen LogP contribution in [0.25, 0.3) is 0 Å². The molecule has 1 unspecified atom stereocenters. The second-order valence-electron chi connectivity index (χ2n) is 8.32. The van der Waals surface area contributed by atoms with Crippen molar-refractivity contribution in [2.75, 3.05) is 19.8 Å². The van der Waals surface area contributed by atoms with Crippen molar-refractivity contribution in [3.8, 4) is 0 Å². The lowest BCUT2D eigenvalue weighted by Crippen LogP contribution is -2.62. The van der Waals surface area contributed by atoms with Crippen LogP contribution in [0.5, 0.6) is 0 Å². The van der Waals surface area contributed by atoms with Gasteiger partial charge in [-0.2, -0.15) is 0 Å². The second-order valence-corrected chi connectivity index (χ2v) is 8.32. The molecule has 3 rings (SSSR count). The van der Waals surface area contributed by atoms with E-state index in [1.54, 1.807) is 12.2 Å². The van der Waals surface area contributed by atoms with Gasteiger partial charge in [0, 0.05) is 6.92 Å². The van der Waals surface area contributed by atoms with Crippen molar-refractivity contribution >= 4 is 5.97 Å². The number of benzene rings is 1. The smallest absolute Gasteiger partial charge is 0.302 e. The number of rotatable bonds is 13. The topological polar surface area (TPSA) is 72.5 Å². The van der Waals surface area contributed by atoms with Crippen molar-refractivity contribution in [1.29, 1.82) is 0 Å². The molecule has 2 fully saturated rings. The first-order valence-corrected chi connectivity index (χ1v) is 11.7. The fraction of sp³-hybridized carbons (Fsp3) is 0.577. The van der Waals surface area contributed by atoms with Gasteiger partial charge in [-0.25, -0.2) is 0 Å². The van der Waals surface area contributed by atoms with Crippen molar-refractivity contribution in [2.45, 2.75) is 76.0 Å². The van der Waals surface area contributed by atoms with E-state index in [1.165, 1.54) is 6.92 Å². The van der Waals surface area contributed by atoms with Crippen LogP contribution in [0.3, 0.4) is 0 Å². The second kappa shape index (κ2) is 13.6. The molecule has 5 atom stereocenters. The summed E-state index contributed by atoms with van der Waals surface area (Å²) in [6.07, 6.45) is 4.78. The Morgan fingerprint density at radius 2 is 1.67 bits per heavy atom. The Labute approximate surface area is 196 Å². The molecule has 1 saturated carbocycles. The SMILES string of the molecule is C=CCO[C@H]1[C@H](OCC=C)[C@@H](OCc2ccccc2)C(OC2CCCC2)O[C@@H]1COC(C)=O. The molecule has 1 aliphatic heterocycles. The van der Waals surface area contributed by atoms with Crippen LogP contribution < -0.4 is 0 Å². The van der Waals surface area contributed by atoms with Crippen LogP contribution >= 0.6 is 0 Å². The van der Waals surface area contributed by atoms with Gasteiger partial charge in [-0.1, -0.05) is 55.3 Å². The van der Waals surface area contributed by atoms with Gasteiger partial charge in [0.05, 0.1) is 25.9 Å². The molecule has 0 spiro atoms. The van der Waals surface area contributed by atoms with Crippen molar-refractivity contribution < 1.29 is 33.2 Å². The van der Waals surface area contributed by atoms with E-state index in [2.05, 4.69) is 13.2 Å². The minimum Gasteiger partial charge on any atom is -0.463 e. The van der Waals surface area contributed by atoms with E-state index in [0.29, 0.717) is 13.2 Å². The normalized spacial score (nSPS) is 27.8. The summed E-state index contributed by atoms with van der Waals surface area (Å²) < 4.78 is 36.6. The van der Waals surface area contributed by atoms with E-state index < -0.39 is 30.7 Å². The van der Waals surface area contributed by atoms with Crippen LogP contribution in [0.4, 0.5) is 0 Å². The van der Waals surface area contributed by atoms with Crippen LogP contribution in [0, 0.1) is 0 Å². The Bertz CT molecular complexity index is 731. The molecule has 0 N–H and O–H groups in total. The summed E-state index contributed by atoms with van der Waals surface area (Å²) in [5.41, 5.74) is 1.03. The minimum absolute atomic E-state index is 0.0288. The Kier molecular flexibility index (Phi) is 10.6. The molecule has 182 valence electrons. The zero-order valence-corrected chi connectivity index (χ0v) is 19.4. The molecule has 1 aliphatic carbocycles. The summed E-state index contributed by atoms with van der Waals surface area (Å²) >= 11 is 0. The summed E-state index contributed by atoms with van der Waals surface area (Å²) in [5, 5.41) is 0. The van der Waals surface area contributed by atoms with Gasteiger partial charge in [0.15, 0.2) is 6.29 Å². The highest BCUT2D eigenvalue weighted by Crippen LogP contribution is 2.33. The maximum atomic E-state index is 11.5. The first-order chi connectivity index (χ1) is 16.1. The molecule has 2 aliphatic rings. The molecule has 1 heterocycles. The summed E-state index contributed by atoms with van der Waals surface area (Å²) in [5.74, 6) is -0.389. The van der Waals surface area contributed by atoms with Crippen LogP contribution in [0.15, 0.2) is 55.6 Å². The molecular formula is C26H36O7. The summed E-state index contributed by atoms with van der Waals surface area (Å²) in [6.45, 7) is 9.89. The number of hydrogen-bond donors (Lipinski definition) is 0. The van der Waals surface area contributed by atoms with E-state index in [1.807, 2.05) is 30.3 Å². The van der Waals surface area contributed by atoms with Gasteiger partial charge in [0.25, 0.3) is 0 Å². The van der Waals surface area contributed by atoms with Gasteiger partial charge < -0.3 is 28.4 Å². The molecule has 33 heavy (non-hydrogen) atoms. The lowest BCUT2D eigenvalue weighted by atomic mass is 9.98. The van der Waals surface area contributed by atoms with Gasteiger partial charge >= 0.3 is 5.97 Å². The highest BCUT2D eigenvalue weighted by Gasteiger charge is 2.49. The number of carbonyl (C=O) groups is 1. The predicted octanol–water partition coefficient (Wildman–Crippen LogP) is 3.96. The molecule has 1 saturated heterocycles. The van der Waals surface area contributed by atoms with Crippen molar-refractivity contribution in [1.82, 2.24) is 0 Å². The molecule has 7 heteroatoms. The summed E-state index contributed by atoms with van der Waals surface area (Å²) in [7, 11) is 0. The number of esters is 1. The lowest BCUT2D eigenvalue weighted by Gasteiger charge is -2.46. The predicted molar refractivity (Wildman–Crippen MR) is 124 cm³/mol. The number of carbonyl (C=O) groups excluding carboxylic acids is 1. The first kappa shape index (κ1) is 25.6. The lowest BCUT2D eigenvalue weighted by molar-refractivity contribution is -0.330. The molecule has 0 amide bonds. The van der Waals surface area contributed by atoms with Crippen molar-refractivity contribution in [3.05, 3.63) is 61.2 Å². The van der Waals surface area contributed by atoms with Crippen molar-refractivity contribution in [3.63, 3.8) is 0 Å². The third-order valence-electron chi connectivity index (χ3n) is 5.77. The molecule has 7 nitrogen and oxygen atoms in total. The molecular weight excluding hydrogens is 424 g/mol. The molecule has 0 radical (unpaired) electrons. The number of ether oxygens (including phenoxy) is 6. The maximum absolute atomic E-state index is 11.5. The van der Waals surface area contributed by atoms with Gasteiger partial charge in [0.1, 0.15) is 31.0 Å². The summed E-state index contributed by atoms with van der Waals surface area (Å²) in [6, 6.07) is 9.92. The van der Waals surface area contributed by atoms with E-state index >= 15 is 0 Å². The Morgan fingerprint density at radius 3 is 2.30 bits per heavy atom. The van der Waals surface area contributed by atoms with E-state index in [9.17, 15) is 4.79 Å². The Hall–Kier alpha value is -2.03. The van der Waals surface area contributed by atoms with Crippen LogP contribution in [0.2, 0.25) is 0 Å². The molecule has 1 aromatic rings. The quantitative estimate of drug-likeness (QED) is 0.326. The average molecular weight is 461 g/mol. The molecule has 0 bridgehead atoms. The largest absolute Gasteiger partial charge is 0.463 e. The van der Waals surface area contributed by atoms with Crippen molar-refractivity contribution in [2.24, 2.45) is 0 Å². The monoisotopic (exact) mass is 460 g/mol. The van der Waals surface area contributed by atoms with Gasteiger partial charge in [0.2, 0.25) is 0 Å². The first-order valence-electron chi connectivity index (χ1n) is 11.7. The zero-order chi connectivity index (χ0) is 23.5. The van der Waals surface area contributed by atoms with Crippen LogP contribution in [0.1, 0.15) is 38.2 Å². The highest BCUT2D eigenvalue weighted by atomic mass is 16.7. The maximum Gasteiger partial charge on any atom is 0.302 e. The highest BCUT2D eigenvalue weighted by molar-refractivity contribution is 5.65. The third kappa shape index (κ3) is 7.76. The van der Waals surface area contributed by atoms with E-state index in [-0.39, 0.29) is 25.3 Å². The average Bonchev–Trinajstić information content (AvgIpc) is 3.33. The van der Waals surface area contributed by atoms with Crippen LogP contribution in [-0.2, 0) is 39.8 Å². The van der Waals surface area contributed by atoms with Gasteiger partial charge in [-0.15, -0.1) is 13.2 Å². The Balaban J connectivity index is 1.85. The van der Waals surface area contributed by atoms with E-state index in [4.69, 9.17) is 28.4 Å². The van der Waals surface area contributed by atoms with E-state index in [0.717, 1.165) is 31.2 Å². The van der Waals surface area contributed by atoms with Crippen LogP contribution in [-0.4, -0.2) is 62.6 Å². The standard InChI is InChI=1S/C26H36O7/c1-4-15-28-23-22(18-30-19(3)27)33-26(32-21-13-9-10-14-21)25(24(23)29-16-5-2)31-17-20-11-7-6-8-12-20/h4-8,11-12,21-26H,1-2,9-10,13-18H2,3H3/t22-,23-,24+,25-,26?/m1/s1. The fourth-order valence-electron chi connectivity index (χ4n) is 4.23. The fourth-order valence-corrected chi connectivity index (χ4v) is 4.23. The third-order valence-corrected chi connectivity index (χ3v) is 5.77. The molecule has 1 aromatic carbocycles. The number of hydrogen-bond acceptors (Lipinski definition) is 7. The summed E-state index contributed by atoms with van der Waals surface area (Å²) in [4.78, 5) is 11.5. The van der Waals surface area contributed by atoms with Gasteiger partial charge in [-0.05, 0) is 18.4 Å².